The molecule has 0 saturated carbocycles. The van der Waals surface area contributed by atoms with Gasteiger partial charge >= 0.3 is 6.03 Å². The third-order valence-electron chi connectivity index (χ3n) is 3.69. The quantitative estimate of drug-likeness (QED) is 0.914. The molecule has 1 atom stereocenters. The van der Waals surface area contributed by atoms with E-state index in [9.17, 15) is 4.79 Å². The molecule has 2 heterocycles. The number of hydrogen-bond acceptors (Lipinski definition) is 4. The average molecular weight is 317 g/mol. The summed E-state index contributed by atoms with van der Waals surface area (Å²) in [6.07, 6.45) is 0.791. The van der Waals surface area contributed by atoms with Crippen LogP contribution >= 0.6 is 11.3 Å². The van der Waals surface area contributed by atoms with Crippen LogP contribution in [0.25, 0.3) is 0 Å². The van der Waals surface area contributed by atoms with E-state index < -0.39 is 0 Å². The first-order valence-electron chi connectivity index (χ1n) is 7.30. The molecular weight excluding hydrogens is 298 g/mol. The Morgan fingerprint density at radius 3 is 3.00 bits per heavy atom. The molecule has 6 heteroatoms. The second-order valence-electron chi connectivity index (χ2n) is 5.40. The zero-order chi connectivity index (χ0) is 15.5. The predicted molar refractivity (Wildman–Crippen MR) is 86.4 cm³/mol. The number of rotatable bonds is 3. The first kappa shape index (κ1) is 14.8. The van der Waals surface area contributed by atoms with E-state index in [2.05, 4.69) is 15.6 Å². The van der Waals surface area contributed by atoms with Crippen molar-refractivity contribution in [3.63, 3.8) is 0 Å². The summed E-state index contributed by atoms with van der Waals surface area (Å²) in [4.78, 5) is 17.6. The molecule has 0 aliphatic carbocycles. The van der Waals surface area contributed by atoms with Crippen LogP contribution in [0.3, 0.4) is 0 Å². The van der Waals surface area contributed by atoms with E-state index in [1.807, 2.05) is 38.1 Å². The van der Waals surface area contributed by atoms with Crippen LogP contribution in [0, 0.1) is 13.8 Å². The molecule has 2 aromatic rings. The van der Waals surface area contributed by atoms with Gasteiger partial charge in [0.05, 0.1) is 18.3 Å². The lowest BCUT2D eigenvalue weighted by Crippen LogP contribution is -2.47. The van der Waals surface area contributed by atoms with Crippen molar-refractivity contribution < 1.29 is 9.53 Å². The third kappa shape index (κ3) is 3.39. The summed E-state index contributed by atoms with van der Waals surface area (Å²) >= 11 is 1.61. The number of thiazole rings is 1. The number of ether oxygens (including phenoxy) is 1. The number of hydrogen-bond donors (Lipinski definition) is 2. The topological polar surface area (TPSA) is 63.2 Å². The lowest BCUT2D eigenvalue weighted by Gasteiger charge is -2.26. The smallest absolute Gasteiger partial charge is 0.315 e. The fourth-order valence-corrected chi connectivity index (χ4v) is 3.30. The van der Waals surface area contributed by atoms with Gasteiger partial charge in [-0.05, 0) is 31.9 Å². The third-order valence-corrected chi connectivity index (χ3v) is 4.76. The number of para-hydroxylation sites is 1. The second-order valence-corrected chi connectivity index (χ2v) is 6.68. The highest BCUT2D eigenvalue weighted by atomic mass is 32.1. The summed E-state index contributed by atoms with van der Waals surface area (Å²) in [6.45, 7) is 4.97. The highest BCUT2D eigenvalue weighted by Crippen LogP contribution is 2.23. The Kier molecular flexibility index (Phi) is 4.29. The molecule has 5 nitrogen and oxygen atoms in total. The van der Waals surface area contributed by atoms with E-state index in [-0.39, 0.29) is 12.1 Å². The maximum absolute atomic E-state index is 12.0. The van der Waals surface area contributed by atoms with Crippen LogP contribution < -0.4 is 15.4 Å². The first-order valence-corrected chi connectivity index (χ1v) is 8.11. The molecule has 0 spiro atoms. The Hall–Kier alpha value is -2.08. The van der Waals surface area contributed by atoms with Gasteiger partial charge in [0.1, 0.15) is 17.4 Å². The summed E-state index contributed by atoms with van der Waals surface area (Å²) in [5, 5.41) is 6.73. The number of nitrogens with one attached hydrogen (secondary N) is 2. The van der Waals surface area contributed by atoms with Gasteiger partial charge in [0, 0.05) is 4.88 Å². The van der Waals surface area contributed by atoms with Gasteiger partial charge in [-0.2, -0.15) is 0 Å². The maximum atomic E-state index is 12.0. The number of fused-ring (bicyclic) bond motifs is 1. The van der Waals surface area contributed by atoms with Crippen LogP contribution in [0.1, 0.15) is 21.1 Å². The molecular formula is C16H19N3O2S. The van der Waals surface area contributed by atoms with Crippen molar-refractivity contribution >= 4 is 17.4 Å². The van der Waals surface area contributed by atoms with Crippen LogP contribution in [0.15, 0.2) is 24.3 Å². The Labute approximate surface area is 133 Å². The molecule has 116 valence electrons. The van der Waals surface area contributed by atoms with Gasteiger partial charge in [-0.3, -0.25) is 0 Å². The molecule has 1 aromatic carbocycles. The van der Waals surface area contributed by atoms with Crippen LogP contribution in [-0.2, 0) is 13.0 Å². The summed E-state index contributed by atoms with van der Waals surface area (Å²) in [5.74, 6) is 0.912. The summed E-state index contributed by atoms with van der Waals surface area (Å²) in [5.41, 5.74) is 2.16. The standard InChI is InChI=1S/C16H19N3O2S/c1-10-11(2)22-15(18-10)8-17-16(20)19-13-7-12-5-3-4-6-14(12)21-9-13/h3-6,13H,7-9H2,1-2H3,(H2,17,19,20). The van der Waals surface area contributed by atoms with Gasteiger partial charge in [0.2, 0.25) is 0 Å². The van der Waals surface area contributed by atoms with Gasteiger partial charge in [0.15, 0.2) is 0 Å². The van der Waals surface area contributed by atoms with Crippen molar-refractivity contribution in [2.75, 3.05) is 6.61 Å². The van der Waals surface area contributed by atoms with Crippen LogP contribution in [0.4, 0.5) is 4.79 Å². The van der Waals surface area contributed by atoms with E-state index in [1.54, 1.807) is 11.3 Å². The van der Waals surface area contributed by atoms with Crippen molar-refractivity contribution in [1.82, 2.24) is 15.6 Å². The molecule has 3 rings (SSSR count). The Balaban J connectivity index is 1.50. The lowest BCUT2D eigenvalue weighted by atomic mass is 10.0. The van der Waals surface area contributed by atoms with Gasteiger partial charge in [-0.15, -0.1) is 11.3 Å². The van der Waals surface area contributed by atoms with E-state index in [4.69, 9.17) is 4.74 Å². The second kappa shape index (κ2) is 6.36. The Morgan fingerprint density at radius 1 is 1.41 bits per heavy atom. The summed E-state index contributed by atoms with van der Waals surface area (Å²) in [7, 11) is 0. The fourth-order valence-electron chi connectivity index (χ4n) is 2.43. The molecule has 1 aliphatic heterocycles. The molecule has 1 aromatic heterocycles. The SMILES string of the molecule is Cc1nc(CNC(=O)NC2COc3ccccc3C2)sc1C. The molecule has 0 bridgehead atoms. The van der Waals surface area contributed by atoms with Gasteiger partial charge in [-0.1, -0.05) is 18.2 Å². The van der Waals surface area contributed by atoms with E-state index in [0.29, 0.717) is 13.2 Å². The number of carbonyl (C=O) groups excluding carboxylic acids is 1. The lowest BCUT2D eigenvalue weighted by molar-refractivity contribution is 0.214. The molecule has 0 fully saturated rings. The maximum Gasteiger partial charge on any atom is 0.315 e. The molecule has 2 N–H and O–H groups in total. The molecule has 2 amide bonds. The van der Waals surface area contributed by atoms with Crippen molar-refractivity contribution in [1.29, 1.82) is 0 Å². The monoisotopic (exact) mass is 317 g/mol. The highest BCUT2D eigenvalue weighted by Gasteiger charge is 2.20. The minimum atomic E-state index is -0.182. The number of aromatic nitrogens is 1. The number of carbonyl (C=O) groups is 1. The molecule has 22 heavy (non-hydrogen) atoms. The van der Waals surface area contributed by atoms with E-state index in [1.165, 1.54) is 4.88 Å². The number of benzene rings is 1. The Morgan fingerprint density at radius 2 is 2.23 bits per heavy atom. The van der Waals surface area contributed by atoms with Crippen LogP contribution in [-0.4, -0.2) is 23.7 Å². The van der Waals surface area contributed by atoms with E-state index >= 15 is 0 Å². The van der Waals surface area contributed by atoms with Crippen LogP contribution in [0.5, 0.6) is 5.75 Å². The van der Waals surface area contributed by atoms with Crippen molar-refractivity contribution in [2.24, 2.45) is 0 Å². The Bertz CT molecular complexity index is 664. The molecule has 0 radical (unpaired) electrons. The predicted octanol–water partition coefficient (Wildman–Crippen LogP) is 2.56. The zero-order valence-electron chi connectivity index (χ0n) is 12.7. The van der Waals surface area contributed by atoms with E-state index in [0.717, 1.165) is 28.4 Å². The highest BCUT2D eigenvalue weighted by molar-refractivity contribution is 7.11. The van der Waals surface area contributed by atoms with Gasteiger partial charge in [-0.25, -0.2) is 9.78 Å². The fraction of sp³-hybridized carbons (Fsp3) is 0.375. The molecule has 0 saturated heterocycles. The van der Waals surface area contributed by atoms with Gasteiger partial charge < -0.3 is 15.4 Å². The minimum absolute atomic E-state index is 0.00494. The minimum Gasteiger partial charge on any atom is -0.491 e. The number of amides is 2. The molecule has 1 aliphatic rings. The number of nitrogens with zero attached hydrogens (tertiary/aromatic N) is 1. The normalized spacial score (nSPS) is 16.5. The first-order chi connectivity index (χ1) is 10.6. The van der Waals surface area contributed by atoms with Crippen molar-refractivity contribution in [3.8, 4) is 5.75 Å². The summed E-state index contributed by atoms with van der Waals surface area (Å²) in [6, 6.07) is 7.74. The van der Waals surface area contributed by atoms with Crippen molar-refractivity contribution in [2.45, 2.75) is 32.9 Å². The zero-order valence-corrected chi connectivity index (χ0v) is 13.5. The number of urea groups is 1. The summed E-state index contributed by atoms with van der Waals surface area (Å²) < 4.78 is 5.67. The largest absolute Gasteiger partial charge is 0.491 e. The average Bonchev–Trinajstić information content (AvgIpc) is 2.84. The van der Waals surface area contributed by atoms with Crippen molar-refractivity contribution in [3.05, 3.63) is 45.4 Å². The number of aryl methyl sites for hydroxylation is 2. The van der Waals surface area contributed by atoms with Gasteiger partial charge in [0.25, 0.3) is 0 Å². The molecule has 1 unspecified atom stereocenters. The van der Waals surface area contributed by atoms with Crippen LogP contribution in [0.2, 0.25) is 0 Å².